The summed E-state index contributed by atoms with van der Waals surface area (Å²) >= 11 is 11.1. The van der Waals surface area contributed by atoms with E-state index in [4.69, 9.17) is 34.3 Å². The van der Waals surface area contributed by atoms with Crippen molar-refractivity contribution < 1.29 is 0 Å². The molecule has 0 bridgehead atoms. The first-order valence-corrected chi connectivity index (χ1v) is 6.51. The fourth-order valence-corrected chi connectivity index (χ4v) is 1.85. The van der Waals surface area contributed by atoms with Gasteiger partial charge < -0.3 is 10.2 Å². The molecule has 0 aliphatic heterocycles. The summed E-state index contributed by atoms with van der Waals surface area (Å²) in [6.07, 6.45) is 0.738. The molecule has 0 amide bonds. The maximum Gasteiger partial charge on any atom is 0.173 e. The molecule has 98 valence electrons. The van der Waals surface area contributed by atoms with E-state index in [2.05, 4.69) is 17.5 Å². The lowest BCUT2D eigenvalue weighted by Gasteiger charge is -2.24. The highest BCUT2D eigenvalue weighted by atomic mass is 35.5. The molecular weight excluding hydrogens is 280 g/mol. The van der Waals surface area contributed by atoms with Crippen molar-refractivity contribution in [2.75, 3.05) is 18.4 Å². The first-order chi connectivity index (χ1) is 9.17. The van der Waals surface area contributed by atoms with Crippen molar-refractivity contribution in [1.82, 2.24) is 4.90 Å². The molecule has 0 saturated carbocycles. The number of nitriles is 2. The molecule has 0 aliphatic carbocycles. The van der Waals surface area contributed by atoms with Gasteiger partial charge in [0.05, 0.1) is 25.0 Å². The van der Waals surface area contributed by atoms with Gasteiger partial charge in [0.2, 0.25) is 0 Å². The molecule has 0 atom stereocenters. The fourth-order valence-electron chi connectivity index (χ4n) is 1.42. The largest absolute Gasteiger partial charge is 0.347 e. The highest BCUT2D eigenvalue weighted by Gasteiger charge is 2.09. The molecule has 0 heterocycles. The summed E-state index contributed by atoms with van der Waals surface area (Å²) in [5, 5.41) is 21.5. The van der Waals surface area contributed by atoms with E-state index < -0.39 is 0 Å². The number of nitrogens with zero attached hydrogens (tertiary/aromatic N) is 3. The van der Waals surface area contributed by atoms with E-state index in [9.17, 15) is 0 Å². The maximum absolute atomic E-state index is 8.62. The van der Waals surface area contributed by atoms with Crippen LogP contribution in [-0.2, 0) is 0 Å². The molecular formula is C13H13ClN4S. The van der Waals surface area contributed by atoms with Gasteiger partial charge >= 0.3 is 0 Å². The second-order valence-electron chi connectivity index (χ2n) is 3.74. The third kappa shape index (κ3) is 5.56. The van der Waals surface area contributed by atoms with E-state index in [0.29, 0.717) is 36.1 Å². The number of anilines is 1. The van der Waals surface area contributed by atoms with Crippen molar-refractivity contribution in [3.8, 4) is 12.1 Å². The maximum atomic E-state index is 8.62. The number of hydrogen-bond acceptors (Lipinski definition) is 3. The van der Waals surface area contributed by atoms with Gasteiger partial charge in [0.25, 0.3) is 0 Å². The van der Waals surface area contributed by atoms with Gasteiger partial charge in [-0.1, -0.05) is 11.6 Å². The average Bonchev–Trinajstić information content (AvgIpc) is 2.41. The number of thiocarbonyl (C=S) groups is 1. The minimum absolute atomic E-state index is 0.369. The topological polar surface area (TPSA) is 62.9 Å². The molecule has 4 nitrogen and oxygen atoms in total. The molecule has 0 saturated heterocycles. The zero-order chi connectivity index (χ0) is 14.1. The molecule has 0 fully saturated rings. The Morgan fingerprint density at radius 2 is 1.68 bits per heavy atom. The predicted octanol–water partition coefficient (Wildman–Crippen LogP) is 3.17. The van der Waals surface area contributed by atoms with Crippen molar-refractivity contribution in [3.05, 3.63) is 29.3 Å². The molecule has 0 spiro atoms. The van der Waals surface area contributed by atoms with Crippen molar-refractivity contribution >= 4 is 34.6 Å². The lowest BCUT2D eigenvalue weighted by atomic mass is 10.3. The molecule has 1 aromatic rings. The number of benzene rings is 1. The molecule has 19 heavy (non-hydrogen) atoms. The Hall–Kier alpha value is -1.82. The van der Waals surface area contributed by atoms with E-state index >= 15 is 0 Å². The minimum atomic E-state index is 0.369. The number of halogens is 1. The third-order valence-electron chi connectivity index (χ3n) is 2.37. The molecule has 1 N–H and O–H groups in total. The Bertz CT molecular complexity index is 483. The van der Waals surface area contributed by atoms with Crippen LogP contribution in [0.15, 0.2) is 24.3 Å². The zero-order valence-corrected chi connectivity index (χ0v) is 11.8. The summed E-state index contributed by atoms with van der Waals surface area (Å²) < 4.78 is 0. The number of nitrogens with one attached hydrogen (secondary N) is 1. The van der Waals surface area contributed by atoms with Crippen LogP contribution >= 0.6 is 23.8 Å². The second kappa shape index (κ2) is 8.31. The molecule has 0 aliphatic rings. The van der Waals surface area contributed by atoms with Crippen LogP contribution in [-0.4, -0.2) is 23.1 Å². The molecule has 0 radical (unpaired) electrons. The summed E-state index contributed by atoms with van der Waals surface area (Å²) in [5.74, 6) is 0. The lowest BCUT2D eigenvalue weighted by Crippen LogP contribution is -2.36. The molecule has 1 aromatic carbocycles. The van der Waals surface area contributed by atoms with Gasteiger partial charge in [-0.25, -0.2) is 0 Å². The van der Waals surface area contributed by atoms with E-state index in [1.165, 1.54) is 0 Å². The van der Waals surface area contributed by atoms with Crippen molar-refractivity contribution in [1.29, 1.82) is 10.5 Å². The average molecular weight is 293 g/mol. The van der Waals surface area contributed by atoms with Gasteiger partial charge in [-0.2, -0.15) is 10.5 Å². The Kier molecular flexibility index (Phi) is 6.67. The summed E-state index contributed by atoms with van der Waals surface area (Å²) in [6, 6.07) is 11.3. The van der Waals surface area contributed by atoms with Crippen LogP contribution in [0.1, 0.15) is 12.8 Å². The Balaban J connectivity index is 2.62. The Morgan fingerprint density at radius 3 is 2.16 bits per heavy atom. The molecule has 0 unspecified atom stereocenters. The van der Waals surface area contributed by atoms with Gasteiger partial charge in [0, 0.05) is 23.8 Å². The fraction of sp³-hybridized carbons (Fsp3) is 0.308. The Morgan fingerprint density at radius 1 is 1.16 bits per heavy atom. The van der Waals surface area contributed by atoms with Gasteiger partial charge in [-0.3, -0.25) is 0 Å². The Labute approximate surface area is 123 Å². The minimum Gasteiger partial charge on any atom is -0.347 e. The van der Waals surface area contributed by atoms with Gasteiger partial charge in [0.15, 0.2) is 5.11 Å². The first kappa shape index (κ1) is 15.2. The number of rotatable bonds is 5. The van der Waals surface area contributed by atoms with Crippen molar-refractivity contribution in [2.24, 2.45) is 0 Å². The van der Waals surface area contributed by atoms with E-state index in [-0.39, 0.29) is 0 Å². The molecule has 0 aromatic heterocycles. The van der Waals surface area contributed by atoms with Gasteiger partial charge in [-0.15, -0.1) is 0 Å². The summed E-state index contributed by atoms with van der Waals surface area (Å²) in [6.45, 7) is 1.02. The van der Waals surface area contributed by atoms with E-state index in [0.717, 1.165) is 5.69 Å². The van der Waals surface area contributed by atoms with E-state index in [1.807, 2.05) is 17.0 Å². The second-order valence-corrected chi connectivity index (χ2v) is 4.56. The molecule has 1 rings (SSSR count). The summed E-state index contributed by atoms with van der Waals surface area (Å²) in [7, 11) is 0. The highest BCUT2D eigenvalue weighted by molar-refractivity contribution is 7.80. The predicted molar refractivity (Wildman–Crippen MR) is 79.7 cm³/mol. The van der Waals surface area contributed by atoms with Crippen LogP contribution in [0.2, 0.25) is 5.02 Å². The first-order valence-electron chi connectivity index (χ1n) is 5.72. The monoisotopic (exact) mass is 292 g/mol. The van der Waals surface area contributed by atoms with Crippen LogP contribution < -0.4 is 5.32 Å². The van der Waals surface area contributed by atoms with Crippen LogP contribution in [0.5, 0.6) is 0 Å². The van der Waals surface area contributed by atoms with Crippen LogP contribution in [0, 0.1) is 22.7 Å². The van der Waals surface area contributed by atoms with Crippen molar-refractivity contribution in [2.45, 2.75) is 12.8 Å². The normalized spacial score (nSPS) is 9.21. The third-order valence-corrected chi connectivity index (χ3v) is 2.98. The molecule has 6 heteroatoms. The lowest BCUT2D eigenvalue weighted by molar-refractivity contribution is 0.443. The van der Waals surface area contributed by atoms with Gasteiger partial charge in [-0.05, 0) is 36.5 Å². The quantitative estimate of drug-likeness (QED) is 0.845. The van der Waals surface area contributed by atoms with E-state index in [1.54, 1.807) is 12.1 Å². The number of hydrogen-bond donors (Lipinski definition) is 1. The van der Waals surface area contributed by atoms with Crippen LogP contribution in [0.25, 0.3) is 0 Å². The van der Waals surface area contributed by atoms with Crippen LogP contribution in [0.3, 0.4) is 0 Å². The van der Waals surface area contributed by atoms with Crippen LogP contribution in [0.4, 0.5) is 5.69 Å². The van der Waals surface area contributed by atoms with Gasteiger partial charge in [0.1, 0.15) is 0 Å². The summed E-state index contributed by atoms with van der Waals surface area (Å²) in [5.41, 5.74) is 0.827. The zero-order valence-electron chi connectivity index (χ0n) is 10.3. The SMILES string of the molecule is N#CCCN(CCC#N)C(=S)Nc1ccc(Cl)cc1. The standard InChI is InChI=1S/C13H13ClN4S/c14-11-3-5-12(6-4-11)17-13(19)18(9-1-7-15)10-2-8-16/h3-6H,1-2,9-10H2,(H,17,19). The summed E-state index contributed by atoms with van der Waals surface area (Å²) in [4.78, 5) is 1.82. The highest BCUT2D eigenvalue weighted by Crippen LogP contribution is 2.14. The smallest absolute Gasteiger partial charge is 0.173 e. The van der Waals surface area contributed by atoms with Crippen molar-refractivity contribution in [3.63, 3.8) is 0 Å².